The summed E-state index contributed by atoms with van der Waals surface area (Å²) in [6.45, 7) is 5.51. The molecule has 0 saturated carbocycles. The van der Waals surface area contributed by atoms with Crippen LogP contribution in [0, 0.1) is 12.7 Å². The van der Waals surface area contributed by atoms with Crippen LogP contribution in [-0.4, -0.2) is 9.97 Å². The molecule has 1 aromatic carbocycles. The van der Waals surface area contributed by atoms with Gasteiger partial charge in [0.05, 0.1) is 0 Å². The van der Waals surface area contributed by atoms with Crippen molar-refractivity contribution in [3.05, 3.63) is 44.4 Å². The predicted octanol–water partition coefficient (Wildman–Crippen LogP) is 5.80. The van der Waals surface area contributed by atoms with Crippen LogP contribution in [0.3, 0.4) is 0 Å². The Hall–Kier alpha value is -1.10. The average molecular weight is 350 g/mol. The van der Waals surface area contributed by atoms with Crippen molar-refractivity contribution in [2.45, 2.75) is 26.7 Å². The second-order valence-corrected chi connectivity index (χ2v) is 5.87. The third-order valence-electron chi connectivity index (χ3n) is 2.89. The Balaban J connectivity index is 2.51. The van der Waals surface area contributed by atoms with Gasteiger partial charge in [0.2, 0.25) is 0 Å². The lowest BCUT2D eigenvalue weighted by atomic mass is 10.00. The van der Waals surface area contributed by atoms with Crippen molar-refractivity contribution in [3.8, 4) is 11.8 Å². The molecule has 1 heterocycles. The fourth-order valence-corrected chi connectivity index (χ4v) is 2.20. The number of rotatable bonds is 3. The third kappa shape index (κ3) is 3.39. The fourth-order valence-electron chi connectivity index (χ4n) is 1.74. The molecule has 0 spiro atoms. The highest BCUT2D eigenvalue weighted by atomic mass is 35.5. The van der Waals surface area contributed by atoms with Crippen molar-refractivity contribution in [1.82, 2.24) is 9.97 Å². The Labute approximate surface area is 137 Å². The summed E-state index contributed by atoms with van der Waals surface area (Å²) >= 11 is 17.4. The lowest BCUT2D eigenvalue weighted by Gasteiger charge is -2.15. The van der Waals surface area contributed by atoms with Crippen LogP contribution in [0.4, 0.5) is 4.39 Å². The first-order chi connectivity index (χ1) is 9.81. The molecule has 2 aromatic rings. The molecule has 21 heavy (non-hydrogen) atoms. The van der Waals surface area contributed by atoms with Crippen molar-refractivity contribution >= 4 is 34.8 Å². The summed E-state index contributed by atoms with van der Waals surface area (Å²) in [6, 6.07) is 3.35. The molecule has 0 aliphatic heterocycles. The normalized spacial score (nSPS) is 11.0. The SMILES string of the molecule is Cc1ccc(C(C)C)c(Oc2nc(Cl)c(Cl)c(Cl)n2)c1F. The number of benzene rings is 1. The third-order valence-corrected chi connectivity index (χ3v) is 3.98. The van der Waals surface area contributed by atoms with E-state index in [2.05, 4.69) is 9.97 Å². The van der Waals surface area contributed by atoms with E-state index in [0.717, 1.165) is 0 Å². The molecular formula is C14H12Cl3FN2O. The van der Waals surface area contributed by atoms with Gasteiger partial charge in [0.25, 0.3) is 0 Å². The zero-order chi connectivity index (χ0) is 15.7. The second-order valence-electron chi connectivity index (χ2n) is 4.77. The lowest BCUT2D eigenvalue weighted by Crippen LogP contribution is -2.02. The minimum Gasteiger partial charge on any atom is -0.421 e. The molecule has 0 N–H and O–H groups in total. The maximum absolute atomic E-state index is 14.3. The van der Waals surface area contributed by atoms with E-state index in [1.807, 2.05) is 13.8 Å². The largest absolute Gasteiger partial charge is 0.421 e. The van der Waals surface area contributed by atoms with Gasteiger partial charge in [-0.2, -0.15) is 9.97 Å². The van der Waals surface area contributed by atoms with E-state index in [0.29, 0.717) is 11.1 Å². The summed E-state index contributed by atoms with van der Waals surface area (Å²) in [6.07, 6.45) is 0. The topological polar surface area (TPSA) is 35.0 Å². The summed E-state index contributed by atoms with van der Waals surface area (Å²) < 4.78 is 19.8. The first kappa shape index (κ1) is 16.3. The van der Waals surface area contributed by atoms with Gasteiger partial charge in [-0.3, -0.25) is 0 Å². The molecule has 3 nitrogen and oxygen atoms in total. The van der Waals surface area contributed by atoms with Crippen LogP contribution in [0.2, 0.25) is 15.3 Å². The van der Waals surface area contributed by atoms with E-state index < -0.39 is 5.82 Å². The van der Waals surface area contributed by atoms with E-state index in [1.54, 1.807) is 19.1 Å². The predicted molar refractivity (Wildman–Crippen MR) is 82.4 cm³/mol. The zero-order valence-electron chi connectivity index (χ0n) is 11.5. The summed E-state index contributed by atoms with van der Waals surface area (Å²) in [5.74, 6) is -0.334. The smallest absolute Gasteiger partial charge is 0.325 e. The molecule has 0 atom stereocenters. The molecule has 0 aliphatic carbocycles. The number of halogens is 4. The minimum absolute atomic E-state index is 0.0273. The monoisotopic (exact) mass is 348 g/mol. The zero-order valence-corrected chi connectivity index (χ0v) is 13.8. The number of hydrogen-bond donors (Lipinski definition) is 0. The molecule has 0 aliphatic rings. The Morgan fingerprint density at radius 1 is 1.10 bits per heavy atom. The van der Waals surface area contributed by atoms with Gasteiger partial charge in [0.15, 0.2) is 21.9 Å². The summed E-state index contributed by atoms with van der Waals surface area (Å²) in [5, 5.41) is -0.0730. The maximum atomic E-state index is 14.3. The van der Waals surface area contributed by atoms with Gasteiger partial charge in [-0.1, -0.05) is 60.8 Å². The number of ether oxygens (including phenoxy) is 1. The van der Waals surface area contributed by atoms with Crippen LogP contribution in [0.25, 0.3) is 0 Å². The number of aryl methyl sites for hydroxylation is 1. The molecule has 0 bridgehead atoms. The van der Waals surface area contributed by atoms with Crippen LogP contribution in [0.15, 0.2) is 12.1 Å². The van der Waals surface area contributed by atoms with Crippen LogP contribution in [-0.2, 0) is 0 Å². The number of aromatic nitrogens is 2. The molecule has 0 unspecified atom stereocenters. The van der Waals surface area contributed by atoms with E-state index in [4.69, 9.17) is 39.5 Å². The fraction of sp³-hybridized carbons (Fsp3) is 0.286. The second kappa shape index (κ2) is 6.34. The Kier molecular flexibility index (Phi) is 4.91. The van der Waals surface area contributed by atoms with E-state index >= 15 is 0 Å². The van der Waals surface area contributed by atoms with Gasteiger partial charge in [-0.25, -0.2) is 4.39 Å². The first-order valence-corrected chi connectivity index (χ1v) is 7.30. The molecule has 0 fully saturated rings. The van der Waals surface area contributed by atoms with Gasteiger partial charge >= 0.3 is 6.01 Å². The Bertz CT molecular complexity index is 669. The van der Waals surface area contributed by atoms with Crippen molar-refractivity contribution in [2.75, 3.05) is 0 Å². The minimum atomic E-state index is -0.466. The maximum Gasteiger partial charge on any atom is 0.325 e. The van der Waals surface area contributed by atoms with Crippen molar-refractivity contribution < 1.29 is 9.13 Å². The van der Waals surface area contributed by atoms with Gasteiger partial charge in [0.1, 0.15) is 5.02 Å². The van der Waals surface area contributed by atoms with E-state index in [-0.39, 0.29) is 33.0 Å². The van der Waals surface area contributed by atoms with Crippen LogP contribution in [0.1, 0.15) is 30.9 Å². The van der Waals surface area contributed by atoms with E-state index in [1.165, 1.54) is 0 Å². The van der Waals surface area contributed by atoms with Gasteiger partial charge in [-0.05, 0) is 18.4 Å². The molecule has 1 aromatic heterocycles. The molecule has 2 rings (SSSR count). The first-order valence-electron chi connectivity index (χ1n) is 6.16. The van der Waals surface area contributed by atoms with Crippen LogP contribution in [0.5, 0.6) is 11.8 Å². The highest BCUT2D eigenvalue weighted by Gasteiger charge is 2.19. The number of hydrogen-bond acceptors (Lipinski definition) is 3. The Morgan fingerprint density at radius 2 is 1.67 bits per heavy atom. The molecule has 0 saturated heterocycles. The quantitative estimate of drug-likeness (QED) is 0.657. The van der Waals surface area contributed by atoms with Crippen LogP contribution >= 0.6 is 34.8 Å². The number of nitrogens with zero attached hydrogens (tertiary/aromatic N) is 2. The summed E-state index contributed by atoms with van der Waals surface area (Å²) in [5.41, 5.74) is 1.16. The molecule has 7 heteroatoms. The molecule has 112 valence electrons. The van der Waals surface area contributed by atoms with Gasteiger partial charge in [0, 0.05) is 5.56 Å². The van der Waals surface area contributed by atoms with Gasteiger partial charge < -0.3 is 4.74 Å². The van der Waals surface area contributed by atoms with Crippen molar-refractivity contribution in [2.24, 2.45) is 0 Å². The molecule has 0 amide bonds. The highest BCUT2D eigenvalue weighted by Crippen LogP contribution is 2.35. The van der Waals surface area contributed by atoms with E-state index in [9.17, 15) is 4.39 Å². The molecular weight excluding hydrogens is 338 g/mol. The highest BCUT2D eigenvalue weighted by molar-refractivity contribution is 6.46. The van der Waals surface area contributed by atoms with Crippen molar-refractivity contribution in [3.63, 3.8) is 0 Å². The summed E-state index contributed by atoms with van der Waals surface area (Å²) in [7, 11) is 0. The average Bonchev–Trinajstić information content (AvgIpc) is 2.41. The lowest BCUT2D eigenvalue weighted by molar-refractivity contribution is 0.402. The molecule has 0 radical (unpaired) electrons. The summed E-state index contributed by atoms with van der Waals surface area (Å²) in [4.78, 5) is 7.70. The van der Waals surface area contributed by atoms with Gasteiger partial charge in [-0.15, -0.1) is 0 Å². The van der Waals surface area contributed by atoms with Crippen LogP contribution < -0.4 is 4.74 Å². The van der Waals surface area contributed by atoms with Crippen molar-refractivity contribution in [1.29, 1.82) is 0 Å². The standard InChI is InChI=1S/C14H12Cl3FN2O/c1-6(2)8-5-4-7(3)10(18)11(8)21-14-19-12(16)9(15)13(17)20-14/h4-6H,1-3H3. The Morgan fingerprint density at radius 3 is 2.19 bits per heavy atom.